The van der Waals surface area contributed by atoms with Gasteiger partial charge in [0.25, 0.3) is 11.4 Å². The molecule has 0 unspecified atom stereocenters. The van der Waals surface area contributed by atoms with Crippen LogP contribution in [-0.2, 0) is 11.3 Å². The number of nitro benzene ring substituents is 2. The zero-order chi connectivity index (χ0) is 20.8. The maximum absolute atomic E-state index is 12.1. The number of hydrogen-bond acceptors (Lipinski definition) is 7. The van der Waals surface area contributed by atoms with Gasteiger partial charge in [-0.1, -0.05) is 24.3 Å². The molecule has 0 aliphatic rings. The molecule has 3 aromatic carbocycles. The van der Waals surface area contributed by atoms with E-state index in [4.69, 9.17) is 9.47 Å². The second-order valence-electron chi connectivity index (χ2n) is 5.85. The minimum absolute atomic E-state index is 0.0341. The Bertz CT molecular complexity index is 1050. The first-order valence-electron chi connectivity index (χ1n) is 8.36. The van der Waals surface area contributed by atoms with E-state index in [0.29, 0.717) is 17.1 Å². The molecule has 0 fully saturated rings. The first-order valence-corrected chi connectivity index (χ1v) is 8.36. The van der Waals surface area contributed by atoms with E-state index in [-0.39, 0.29) is 23.5 Å². The monoisotopic (exact) mass is 394 g/mol. The molecule has 0 radical (unpaired) electrons. The van der Waals surface area contributed by atoms with E-state index in [1.54, 1.807) is 24.3 Å². The van der Waals surface area contributed by atoms with E-state index in [2.05, 4.69) is 0 Å². The van der Waals surface area contributed by atoms with Crippen molar-refractivity contribution in [1.82, 2.24) is 0 Å². The van der Waals surface area contributed by atoms with Gasteiger partial charge in [-0.05, 0) is 35.9 Å². The molecule has 0 aliphatic heterocycles. The molecule has 0 heterocycles. The number of non-ortho nitro benzene ring substituents is 1. The van der Waals surface area contributed by atoms with Gasteiger partial charge in [-0.15, -0.1) is 0 Å². The van der Waals surface area contributed by atoms with Crippen LogP contribution in [0.2, 0.25) is 0 Å². The topological polar surface area (TPSA) is 122 Å². The third-order valence-electron chi connectivity index (χ3n) is 3.90. The van der Waals surface area contributed by atoms with Gasteiger partial charge < -0.3 is 9.47 Å². The third-order valence-corrected chi connectivity index (χ3v) is 3.90. The van der Waals surface area contributed by atoms with Crippen molar-refractivity contribution in [1.29, 1.82) is 0 Å². The summed E-state index contributed by atoms with van der Waals surface area (Å²) in [5.41, 5.74) is 0.195. The number of carbonyl (C=O) groups is 1. The van der Waals surface area contributed by atoms with E-state index in [9.17, 15) is 25.0 Å². The lowest BCUT2D eigenvalue weighted by Gasteiger charge is -2.08. The highest BCUT2D eigenvalue weighted by Crippen LogP contribution is 2.24. The fraction of sp³-hybridized carbons (Fsp3) is 0.0500. The quantitative estimate of drug-likeness (QED) is 0.325. The normalized spacial score (nSPS) is 10.2. The van der Waals surface area contributed by atoms with Crippen LogP contribution in [0.4, 0.5) is 11.4 Å². The Balaban J connectivity index is 1.60. The highest BCUT2D eigenvalue weighted by molar-refractivity contribution is 5.93. The summed E-state index contributed by atoms with van der Waals surface area (Å²) >= 11 is 0. The average Bonchev–Trinajstić information content (AvgIpc) is 2.73. The number of nitro groups is 2. The van der Waals surface area contributed by atoms with Crippen LogP contribution >= 0.6 is 0 Å². The van der Waals surface area contributed by atoms with Crippen LogP contribution in [-0.4, -0.2) is 15.8 Å². The van der Waals surface area contributed by atoms with Crippen molar-refractivity contribution in [2.24, 2.45) is 0 Å². The lowest BCUT2D eigenvalue weighted by molar-refractivity contribution is -0.385. The number of hydrogen-bond donors (Lipinski definition) is 0. The Morgan fingerprint density at radius 3 is 1.97 bits per heavy atom. The standard InChI is InChI=1S/C20H14N2O7/c23-20(18-3-1-2-4-19(18)22(26)27)28-13-14-5-9-16(10-6-14)29-17-11-7-15(8-12-17)21(24)25/h1-12H,13H2. The Kier molecular flexibility index (Phi) is 5.79. The molecule has 146 valence electrons. The molecule has 9 nitrogen and oxygen atoms in total. The molecule has 0 saturated heterocycles. The number of benzene rings is 3. The summed E-state index contributed by atoms with van der Waals surface area (Å²) in [6, 6.07) is 17.9. The van der Waals surface area contributed by atoms with Gasteiger partial charge in [-0.25, -0.2) is 4.79 Å². The first-order chi connectivity index (χ1) is 13.9. The SMILES string of the molecule is O=C(OCc1ccc(Oc2ccc([N+](=O)[O-])cc2)cc1)c1ccccc1[N+](=O)[O-]. The zero-order valence-corrected chi connectivity index (χ0v) is 14.9. The van der Waals surface area contributed by atoms with E-state index in [0.717, 1.165) is 0 Å². The van der Waals surface area contributed by atoms with Crippen molar-refractivity contribution in [2.45, 2.75) is 6.61 Å². The second-order valence-corrected chi connectivity index (χ2v) is 5.85. The zero-order valence-electron chi connectivity index (χ0n) is 14.9. The minimum atomic E-state index is -0.788. The maximum Gasteiger partial charge on any atom is 0.345 e. The van der Waals surface area contributed by atoms with E-state index < -0.39 is 15.8 Å². The van der Waals surface area contributed by atoms with Crippen LogP contribution in [0.5, 0.6) is 11.5 Å². The van der Waals surface area contributed by atoms with Crippen molar-refractivity contribution in [3.05, 3.63) is 104 Å². The number of rotatable bonds is 7. The Hall–Kier alpha value is -4.27. The summed E-state index contributed by atoms with van der Waals surface area (Å²) in [6.07, 6.45) is 0. The number of ether oxygens (including phenoxy) is 2. The van der Waals surface area contributed by atoms with Crippen LogP contribution in [0.1, 0.15) is 15.9 Å². The van der Waals surface area contributed by atoms with Gasteiger partial charge in [0.15, 0.2) is 0 Å². The Morgan fingerprint density at radius 2 is 1.38 bits per heavy atom. The number of esters is 1. The van der Waals surface area contributed by atoms with Crippen LogP contribution in [0.3, 0.4) is 0 Å². The van der Waals surface area contributed by atoms with Gasteiger partial charge in [0.05, 0.1) is 9.85 Å². The van der Waals surface area contributed by atoms with Crippen molar-refractivity contribution in [3.63, 3.8) is 0 Å². The van der Waals surface area contributed by atoms with Crippen molar-refractivity contribution in [3.8, 4) is 11.5 Å². The molecule has 0 aromatic heterocycles. The molecule has 0 amide bonds. The maximum atomic E-state index is 12.1. The summed E-state index contributed by atoms with van der Waals surface area (Å²) in [5, 5.41) is 21.6. The molecule has 9 heteroatoms. The molecule has 0 aliphatic carbocycles. The number of nitrogens with zero attached hydrogens (tertiary/aromatic N) is 2. The Morgan fingerprint density at radius 1 is 0.793 bits per heavy atom. The van der Waals surface area contributed by atoms with Gasteiger partial charge in [0.2, 0.25) is 0 Å². The highest BCUT2D eigenvalue weighted by atomic mass is 16.6. The van der Waals surface area contributed by atoms with Gasteiger partial charge in [0.1, 0.15) is 23.7 Å². The third kappa shape index (κ3) is 4.92. The first kappa shape index (κ1) is 19.5. The van der Waals surface area contributed by atoms with Gasteiger partial charge in [-0.3, -0.25) is 20.2 Å². The van der Waals surface area contributed by atoms with E-state index >= 15 is 0 Å². The second kappa shape index (κ2) is 8.61. The molecule has 29 heavy (non-hydrogen) atoms. The molecule has 0 spiro atoms. The van der Waals surface area contributed by atoms with Crippen molar-refractivity contribution < 1.29 is 24.1 Å². The van der Waals surface area contributed by atoms with E-state index in [1.807, 2.05) is 0 Å². The van der Waals surface area contributed by atoms with Crippen molar-refractivity contribution >= 4 is 17.3 Å². The lowest BCUT2D eigenvalue weighted by atomic mass is 10.2. The van der Waals surface area contributed by atoms with Crippen molar-refractivity contribution in [2.75, 3.05) is 0 Å². The smallest absolute Gasteiger partial charge is 0.345 e. The summed E-state index contributed by atoms with van der Waals surface area (Å²) in [4.78, 5) is 32.6. The molecule has 0 saturated carbocycles. The predicted octanol–water partition coefficient (Wildman–Crippen LogP) is 4.65. The number of carbonyl (C=O) groups excluding carboxylic acids is 1. The highest BCUT2D eigenvalue weighted by Gasteiger charge is 2.20. The van der Waals surface area contributed by atoms with Crippen LogP contribution in [0.25, 0.3) is 0 Å². The molecule has 0 atom stereocenters. The molecular weight excluding hydrogens is 380 g/mol. The fourth-order valence-corrected chi connectivity index (χ4v) is 2.46. The predicted molar refractivity (Wildman–Crippen MR) is 102 cm³/mol. The van der Waals surface area contributed by atoms with E-state index in [1.165, 1.54) is 48.5 Å². The Labute approximate surface area is 164 Å². The molecule has 0 N–H and O–H groups in total. The fourth-order valence-electron chi connectivity index (χ4n) is 2.46. The summed E-state index contributed by atoms with van der Waals surface area (Å²) in [5.74, 6) is 0.141. The summed E-state index contributed by atoms with van der Waals surface area (Å²) in [7, 11) is 0. The summed E-state index contributed by atoms with van der Waals surface area (Å²) in [6.45, 7) is -0.0668. The largest absolute Gasteiger partial charge is 0.457 e. The number of para-hydroxylation sites is 1. The molecule has 3 rings (SSSR count). The average molecular weight is 394 g/mol. The van der Waals surface area contributed by atoms with Gasteiger partial charge in [0, 0.05) is 18.2 Å². The van der Waals surface area contributed by atoms with Crippen LogP contribution < -0.4 is 4.74 Å². The molecular formula is C20H14N2O7. The summed E-state index contributed by atoms with van der Waals surface area (Å²) < 4.78 is 10.8. The lowest BCUT2D eigenvalue weighted by Crippen LogP contribution is -2.08. The van der Waals surface area contributed by atoms with Crippen LogP contribution in [0.15, 0.2) is 72.8 Å². The molecule has 0 bridgehead atoms. The van der Waals surface area contributed by atoms with Gasteiger partial charge in [-0.2, -0.15) is 0 Å². The molecule has 3 aromatic rings. The van der Waals surface area contributed by atoms with Crippen LogP contribution in [0, 0.1) is 20.2 Å². The van der Waals surface area contributed by atoms with Gasteiger partial charge >= 0.3 is 5.97 Å². The minimum Gasteiger partial charge on any atom is -0.457 e.